The van der Waals surface area contributed by atoms with Gasteiger partial charge in [0.25, 0.3) is 0 Å². The van der Waals surface area contributed by atoms with Crippen LogP contribution in [0.25, 0.3) is 11.3 Å². The highest BCUT2D eigenvalue weighted by atomic mass is 32.1. The van der Waals surface area contributed by atoms with Gasteiger partial charge < -0.3 is 10.5 Å². The highest BCUT2D eigenvalue weighted by Crippen LogP contribution is 2.27. The monoisotopic (exact) mass is 274 g/mol. The molecule has 2 N–H and O–H groups in total. The number of nitrogens with two attached hydrogens (primary N) is 1. The lowest BCUT2D eigenvalue weighted by atomic mass is 10.1. The van der Waals surface area contributed by atoms with E-state index in [9.17, 15) is 0 Å². The molecule has 0 unspecified atom stereocenters. The summed E-state index contributed by atoms with van der Waals surface area (Å²) in [5.74, 6) is 0.963. The molecule has 19 heavy (non-hydrogen) atoms. The molecular formula is C15H18N2OS. The van der Waals surface area contributed by atoms with Gasteiger partial charge in [-0.1, -0.05) is 0 Å². The Labute approximate surface area is 117 Å². The van der Waals surface area contributed by atoms with Crippen molar-refractivity contribution in [1.82, 2.24) is 4.98 Å². The van der Waals surface area contributed by atoms with Crippen molar-refractivity contribution in [2.75, 3.05) is 0 Å². The fourth-order valence-corrected chi connectivity index (χ4v) is 3.12. The number of benzene rings is 1. The molecule has 0 atom stereocenters. The SMILES string of the molecule is NCc1nc(-c2ccc(OC3CCCC3)cc2)cs1. The third kappa shape index (κ3) is 2.96. The Balaban J connectivity index is 1.70. The zero-order valence-electron chi connectivity index (χ0n) is 10.8. The second-order valence-electron chi connectivity index (χ2n) is 4.88. The quantitative estimate of drug-likeness (QED) is 0.927. The number of nitrogens with zero attached hydrogens (tertiary/aromatic N) is 1. The van der Waals surface area contributed by atoms with Crippen LogP contribution in [0.4, 0.5) is 0 Å². The lowest BCUT2D eigenvalue weighted by Crippen LogP contribution is -2.10. The molecule has 0 spiro atoms. The maximum atomic E-state index is 5.95. The first-order valence-electron chi connectivity index (χ1n) is 6.77. The van der Waals surface area contributed by atoms with E-state index >= 15 is 0 Å². The largest absolute Gasteiger partial charge is 0.490 e. The van der Waals surface area contributed by atoms with Crippen LogP contribution in [0.5, 0.6) is 5.75 Å². The molecular weight excluding hydrogens is 256 g/mol. The highest BCUT2D eigenvalue weighted by molar-refractivity contribution is 7.09. The van der Waals surface area contributed by atoms with Gasteiger partial charge in [0, 0.05) is 17.5 Å². The van der Waals surface area contributed by atoms with Gasteiger partial charge in [-0.05, 0) is 49.9 Å². The first kappa shape index (κ1) is 12.6. The van der Waals surface area contributed by atoms with Crippen LogP contribution in [-0.2, 0) is 6.54 Å². The molecule has 1 aliphatic carbocycles. The average molecular weight is 274 g/mol. The number of thiazole rings is 1. The van der Waals surface area contributed by atoms with Gasteiger partial charge in [0.15, 0.2) is 0 Å². The van der Waals surface area contributed by atoms with Gasteiger partial charge in [0.1, 0.15) is 10.8 Å². The van der Waals surface area contributed by atoms with Crippen LogP contribution in [0.1, 0.15) is 30.7 Å². The van der Waals surface area contributed by atoms with Crippen molar-refractivity contribution in [2.24, 2.45) is 5.73 Å². The summed E-state index contributed by atoms with van der Waals surface area (Å²) in [7, 11) is 0. The minimum Gasteiger partial charge on any atom is -0.490 e. The van der Waals surface area contributed by atoms with Gasteiger partial charge in [-0.2, -0.15) is 0 Å². The Hall–Kier alpha value is -1.39. The van der Waals surface area contributed by atoms with Crippen molar-refractivity contribution in [2.45, 2.75) is 38.3 Å². The Bertz CT molecular complexity index is 529. The molecule has 100 valence electrons. The molecule has 3 nitrogen and oxygen atoms in total. The van der Waals surface area contributed by atoms with Gasteiger partial charge in [0.2, 0.25) is 0 Å². The zero-order chi connectivity index (χ0) is 13.1. The van der Waals surface area contributed by atoms with Crippen LogP contribution < -0.4 is 10.5 Å². The third-order valence-electron chi connectivity index (χ3n) is 3.48. The van der Waals surface area contributed by atoms with E-state index in [1.807, 2.05) is 12.1 Å². The molecule has 4 heteroatoms. The van der Waals surface area contributed by atoms with Gasteiger partial charge in [-0.25, -0.2) is 4.98 Å². The molecule has 1 saturated carbocycles. The van der Waals surface area contributed by atoms with Crippen LogP contribution in [0, 0.1) is 0 Å². The predicted molar refractivity (Wildman–Crippen MR) is 78.3 cm³/mol. The van der Waals surface area contributed by atoms with Crippen molar-refractivity contribution in [3.8, 4) is 17.0 Å². The van der Waals surface area contributed by atoms with Crippen LogP contribution in [0.2, 0.25) is 0 Å². The van der Waals surface area contributed by atoms with E-state index in [2.05, 4.69) is 22.5 Å². The summed E-state index contributed by atoms with van der Waals surface area (Å²) in [6.45, 7) is 0.507. The Morgan fingerprint density at radius 1 is 1.21 bits per heavy atom. The van der Waals surface area contributed by atoms with Gasteiger partial charge >= 0.3 is 0 Å². The van der Waals surface area contributed by atoms with Gasteiger partial charge in [-0.3, -0.25) is 0 Å². The molecule has 1 heterocycles. The maximum Gasteiger partial charge on any atom is 0.119 e. The summed E-state index contributed by atoms with van der Waals surface area (Å²) >= 11 is 1.61. The second-order valence-corrected chi connectivity index (χ2v) is 5.82. The Morgan fingerprint density at radius 3 is 2.58 bits per heavy atom. The normalized spacial score (nSPS) is 15.8. The van der Waals surface area contributed by atoms with E-state index in [0.29, 0.717) is 12.6 Å². The minimum atomic E-state index is 0.411. The Kier molecular flexibility index (Phi) is 3.80. The van der Waals surface area contributed by atoms with Crippen LogP contribution in [-0.4, -0.2) is 11.1 Å². The Morgan fingerprint density at radius 2 is 1.95 bits per heavy atom. The molecule has 3 rings (SSSR count). The van der Waals surface area contributed by atoms with E-state index in [1.54, 1.807) is 11.3 Å². The molecule has 0 bridgehead atoms. The van der Waals surface area contributed by atoms with E-state index in [0.717, 1.165) is 22.0 Å². The number of hydrogen-bond acceptors (Lipinski definition) is 4. The summed E-state index contributed by atoms with van der Waals surface area (Å²) in [5, 5.41) is 3.02. The molecule has 1 aromatic heterocycles. The molecule has 1 aliphatic rings. The minimum absolute atomic E-state index is 0.411. The van der Waals surface area contributed by atoms with Crippen molar-refractivity contribution < 1.29 is 4.74 Å². The summed E-state index contributed by atoms with van der Waals surface area (Å²) < 4.78 is 5.95. The standard InChI is InChI=1S/C15H18N2OS/c16-9-15-17-14(10-19-15)11-5-7-13(8-6-11)18-12-3-1-2-4-12/h5-8,10,12H,1-4,9,16H2. The van der Waals surface area contributed by atoms with E-state index in [1.165, 1.54) is 25.7 Å². The second kappa shape index (κ2) is 5.72. The van der Waals surface area contributed by atoms with Crippen LogP contribution in [0.15, 0.2) is 29.6 Å². The molecule has 0 radical (unpaired) electrons. The summed E-state index contributed by atoms with van der Waals surface area (Å²) in [6.07, 6.45) is 5.38. The van der Waals surface area contributed by atoms with E-state index < -0.39 is 0 Å². The summed E-state index contributed by atoms with van der Waals surface area (Å²) in [4.78, 5) is 4.48. The number of rotatable bonds is 4. The summed E-state index contributed by atoms with van der Waals surface area (Å²) in [6, 6.07) is 8.21. The molecule has 0 saturated heterocycles. The summed E-state index contributed by atoms with van der Waals surface area (Å²) in [5.41, 5.74) is 7.70. The van der Waals surface area contributed by atoms with Gasteiger partial charge in [0.05, 0.1) is 11.8 Å². The zero-order valence-corrected chi connectivity index (χ0v) is 11.7. The van der Waals surface area contributed by atoms with Crippen molar-refractivity contribution in [3.05, 3.63) is 34.7 Å². The van der Waals surface area contributed by atoms with E-state index in [-0.39, 0.29) is 0 Å². The van der Waals surface area contributed by atoms with Gasteiger partial charge in [-0.15, -0.1) is 11.3 Å². The lowest BCUT2D eigenvalue weighted by molar-refractivity contribution is 0.210. The average Bonchev–Trinajstić information content (AvgIpc) is 3.10. The molecule has 0 amide bonds. The van der Waals surface area contributed by atoms with Crippen LogP contribution in [0.3, 0.4) is 0 Å². The molecule has 1 aromatic carbocycles. The first-order valence-corrected chi connectivity index (χ1v) is 7.64. The molecule has 0 aliphatic heterocycles. The molecule has 1 fully saturated rings. The lowest BCUT2D eigenvalue weighted by Gasteiger charge is -2.12. The number of hydrogen-bond donors (Lipinski definition) is 1. The van der Waals surface area contributed by atoms with Crippen molar-refractivity contribution in [1.29, 1.82) is 0 Å². The van der Waals surface area contributed by atoms with Crippen molar-refractivity contribution >= 4 is 11.3 Å². The fourth-order valence-electron chi connectivity index (χ4n) is 2.44. The van der Waals surface area contributed by atoms with Crippen LogP contribution >= 0.6 is 11.3 Å². The van der Waals surface area contributed by atoms with Crippen molar-refractivity contribution in [3.63, 3.8) is 0 Å². The first-order chi connectivity index (χ1) is 9.35. The molecule has 2 aromatic rings. The topological polar surface area (TPSA) is 48.1 Å². The highest BCUT2D eigenvalue weighted by Gasteiger charge is 2.16. The fraction of sp³-hybridized carbons (Fsp3) is 0.400. The third-order valence-corrected chi connectivity index (χ3v) is 4.35. The number of aromatic nitrogens is 1. The van der Waals surface area contributed by atoms with E-state index in [4.69, 9.17) is 10.5 Å². The maximum absolute atomic E-state index is 5.95. The number of ether oxygens (including phenoxy) is 1. The smallest absolute Gasteiger partial charge is 0.119 e. The predicted octanol–water partition coefficient (Wildman–Crippen LogP) is 3.59.